The molecule has 18 heavy (non-hydrogen) atoms. The van der Waals surface area contributed by atoms with E-state index < -0.39 is 5.60 Å². The topological polar surface area (TPSA) is 35.5 Å². The Morgan fingerprint density at radius 3 is 2.67 bits per heavy atom. The molecule has 0 aliphatic rings. The highest BCUT2D eigenvalue weighted by Gasteiger charge is 2.20. The second-order valence-corrected chi connectivity index (χ2v) is 5.41. The molecule has 1 aromatic rings. The number of aliphatic hydroxyl groups is 1. The van der Waals surface area contributed by atoms with Crippen molar-refractivity contribution in [3.8, 4) is 0 Å². The van der Waals surface area contributed by atoms with Crippen LogP contribution in [0.5, 0.6) is 0 Å². The zero-order valence-electron chi connectivity index (χ0n) is 11.6. The van der Waals surface area contributed by atoms with Gasteiger partial charge in [-0.3, -0.25) is 0 Å². The maximum Gasteiger partial charge on any atom is 0.123 e. The van der Waals surface area contributed by atoms with Gasteiger partial charge in [0.25, 0.3) is 0 Å². The Balaban J connectivity index is 2.48. The second-order valence-electron chi connectivity index (χ2n) is 5.41. The van der Waals surface area contributed by atoms with Gasteiger partial charge in [-0.05, 0) is 51.2 Å². The third kappa shape index (κ3) is 5.12. The normalized spacial score (nSPS) is 14.8. The molecule has 1 aromatic carbocycles. The van der Waals surface area contributed by atoms with Crippen molar-refractivity contribution in [3.63, 3.8) is 0 Å². The van der Waals surface area contributed by atoms with Crippen molar-refractivity contribution in [2.75, 3.05) is 27.2 Å². The van der Waals surface area contributed by atoms with E-state index in [1.54, 1.807) is 13.0 Å². The Morgan fingerprint density at radius 2 is 2.06 bits per heavy atom. The van der Waals surface area contributed by atoms with Crippen molar-refractivity contribution >= 4 is 0 Å². The van der Waals surface area contributed by atoms with E-state index in [1.165, 1.54) is 12.1 Å². The van der Waals surface area contributed by atoms with E-state index in [1.807, 2.05) is 25.9 Å². The molecule has 0 radical (unpaired) electrons. The summed E-state index contributed by atoms with van der Waals surface area (Å²) in [6.45, 7) is 5.36. The van der Waals surface area contributed by atoms with Crippen molar-refractivity contribution in [1.82, 2.24) is 10.2 Å². The molecule has 0 spiro atoms. The SMILES string of the molecule is Cc1ccc(F)cc1CNCC(C)(O)CN(C)C. The summed E-state index contributed by atoms with van der Waals surface area (Å²) in [5.74, 6) is -0.225. The van der Waals surface area contributed by atoms with Gasteiger partial charge in [-0.25, -0.2) is 4.39 Å². The summed E-state index contributed by atoms with van der Waals surface area (Å²) in [5.41, 5.74) is 1.19. The molecule has 1 atom stereocenters. The van der Waals surface area contributed by atoms with E-state index in [9.17, 15) is 9.50 Å². The number of halogens is 1. The molecule has 0 aliphatic heterocycles. The highest BCUT2D eigenvalue weighted by Crippen LogP contribution is 2.10. The Morgan fingerprint density at radius 1 is 1.39 bits per heavy atom. The summed E-state index contributed by atoms with van der Waals surface area (Å²) in [7, 11) is 3.84. The summed E-state index contributed by atoms with van der Waals surface area (Å²) in [5, 5.41) is 13.3. The molecule has 0 saturated heterocycles. The Labute approximate surface area is 109 Å². The van der Waals surface area contributed by atoms with E-state index in [4.69, 9.17) is 0 Å². The summed E-state index contributed by atoms with van der Waals surface area (Å²) in [6.07, 6.45) is 0. The second kappa shape index (κ2) is 6.27. The lowest BCUT2D eigenvalue weighted by Gasteiger charge is -2.27. The molecule has 1 unspecified atom stereocenters. The molecule has 102 valence electrons. The maximum absolute atomic E-state index is 13.1. The summed E-state index contributed by atoms with van der Waals surface area (Å²) in [6, 6.07) is 4.76. The molecule has 0 aromatic heterocycles. The highest BCUT2D eigenvalue weighted by atomic mass is 19.1. The van der Waals surface area contributed by atoms with E-state index in [0.29, 0.717) is 19.6 Å². The van der Waals surface area contributed by atoms with E-state index >= 15 is 0 Å². The van der Waals surface area contributed by atoms with Crippen LogP contribution in [-0.2, 0) is 6.54 Å². The molecular weight excluding hydrogens is 231 g/mol. The number of likely N-dealkylation sites (N-methyl/N-ethyl adjacent to an activating group) is 1. The average molecular weight is 254 g/mol. The zero-order chi connectivity index (χ0) is 13.8. The Bertz CT molecular complexity index is 391. The fourth-order valence-electron chi connectivity index (χ4n) is 2.03. The van der Waals surface area contributed by atoms with Crippen LogP contribution in [0, 0.1) is 12.7 Å². The number of hydrogen-bond acceptors (Lipinski definition) is 3. The van der Waals surface area contributed by atoms with Gasteiger partial charge in [-0.2, -0.15) is 0 Å². The minimum absolute atomic E-state index is 0.225. The molecule has 0 heterocycles. The van der Waals surface area contributed by atoms with E-state index in [-0.39, 0.29) is 5.82 Å². The molecule has 0 aliphatic carbocycles. The van der Waals surface area contributed by atoms with Gasteiger partial charge in [0.15, 0.2) is 0 Å². The van der Waals surface area contributed by atoms with Crippen LogP contribution >= 0.6 is 0 Å². The van der Waals surface area contributed by atoms with Gasteiger partial charge in [0.1, 0.15) is 5.82 Å². The molecule has 1 rings (SSSR count). The molecular formula is C14H23FN2O. The molecule has 4 heteroatoms. The van der Waals surface area contributed by atoms with Crippen LogP contribution in [0.1, 0.15) is 18.1 Å². The number of nitrogens with zero attached hydrogens (tertiary/aromatic N) is 1. The minimum atomic E-state index is -0.787. The third-order valence-corrected chi connectivity index (χ3v) is 2.79. The number of aryl methyl sites for hydroxylation is 1. The molecule has 0 saturated carbocycles. The maximum atomic E-state index is 13.1. The summed E-state index contributed by atoms with van der Waals surface area (Å²) in [4.78, 5) is 1.94. The molecule has 3 nitrogen and oxygen atoms in total. The van der Waals surface area contributed by atoms with Crippen molar-refractivity contribution in [2.24, 2.45) is 0 Å². The standard InChI is InChI=1S/C14H23FN2O/c1-11-5-6-13(15)7-12(11)8-16-9-14(2,18)10-17(3)4/h5-7,16,18H,8-10H2,1-4H3. The fourth-order valence-corrected chi connectivity index (χ4v) is 2.03. The Kier molecular flexibility index (Phi) is 5.26. The quantitative estimate of drug-likeness (QED) is 0.808. The van der Waals surface area contributed by atoms with E-state index in [0.717, 1.165) is 11.1 Å². The largest absolute Gasteiger partial charge is 0.388 e. The van der Waals surface area contributed by atoms with Crippen LogP contribution in [-0.4, -0.2) is 42.8 Å². The first-order valence-electron chi connectivity index (χ1n) is 6.13. The average Bonchev–Trinajstić information content (AvgIpc) is 2.21. The highest BCUT2D eigenvalue weighted by molar-refractivity contribution is 5.26. The minimum Gasteiger partial charge on any atom is -0.388 e. The fraction of sp³-hybridized carbons (Fsp3) is 0.571. The van der Waals surface area contributed by atoms with Gasteiger partial charge in [-0.1, -0.05) is 6.07 Å². The van der Waals surface area contributed by atoms with Crippen LogP contribution < -0.4 is 5.32 Å². The smallest absolute Gasteiger partial charge is 0.123 e. The third-order valence-electron chi connectivity index (χ3n) is 2.79. The van der Waals surface area contributed by atoms with Crippen LogP contribution in [0.2, 0.25) is 0 Å². The van der Waals surface area contributed by atoms with Crippen LogP contribution in [0.4, 0.5) is 4.39 Å². The number of hydrogen-bond donors (Lipinski definition) is 2. The van der Waals surface area contributed by atoms with Gasteiger partial charge in [0, 0.05) is 19.6 Å². The molecule has 0 bridgehead atoms. The lowest BCUT2D eigenvalue weighted by atomic mass is 10.1. The monoisotopic (exact) mass is 254 g/mol. The van der Waals surface area contributed by atoms with E-state index in [2.05, 4.69) is 5.32 Å². The first-order chi connectivity index (χ1) is 8.30. The predicted molar refractivity (Wildman–Crippen MR) is 72.0 cm³/mol. The van der Waals surface area contributed by atoms with Gasteiger partial charge < -0.3 is 15.3 Å². The van der Waals surface area contributed by atoms with Crippen molar-refractivity contribution < 1.29 is 9.50 Å². The summed E-state index contributed by atoms with van der Waals surface area (Å²) < 4.78 is 13.1. The van der Waals surface area contributed by atoms with Crippen molar-refractivity contribution in [2.45, 2.75) is 26.0 Å². The first-order valence-corrected chi connectivity index (χ1v) is 6.13. The number of nitrogens with one attached hydrogen (secondary N) is 1. The molecule has 2 N–H and O–H groups in total. The van der Waals surface area contributed by atoms with Crippen molar-refractivity contribution in [3.05, 3.63) is 35.1 Å². The lowest BCUT2D eigenvalue weighted by molar-refractivity contribution is 0.0336. The van der Waals surface area contributed by atoms with Crippen LogP contribution in [0.3, 0.4) is 0 Å². The zero-order valence-corrected chi connectivity index (χ0v) is 11.6. The van der Waals surface area contributed by atoms with Crippen molar-refractivity contribution in [1.29, 1.82) is 0 Å². The number of rotatable bonds is 6. The Hall–Kier alpha value is -0.970. The van der Waals surface area contributed by atoms with Crippen LogP contribution in [0.15, 0.2) is 18.2 Å². The van der Waals surface area contributed by atoms with Gasteiger partial charge in [0.05, 0.1) is 5.60 Å². The van der Waals surface area contributed by atoms with Gasteiger partial charge in [-0.15, -0.1) is 0 Å². The van der Waals surface area contributed by atoms with Crippen LogP contribution in [0.25, 0.3) is 0 Å². The molecule has 0 amide bonds. The summed E-state index contributed by atoms with van der Waals surface area (Å²) >= 11 is 0. The lowest BCUT2D eigenvalue weighted by Crippen LogP contribution is -2.45. The predicted octanol–water partition coefficient (Wildman–Crippen LogP) is 1.54. The molecule has 0 fully saturated rings. The van der Waals surface area contributed by atoms with Gasteiger partial charge >= 0.3 is 0 Å². The van der Waals surface area contributed by atoms with Gasteiger partial charge in [0.2, 0.25) is 0 Å². The first kappa shape index (κ1) is 15.1. The number of benzene rings is 1.